The smallest absolute Gasteiger partial charge is 0.545 e. The minimum atomic E-state index is -2.01. The molecule has 0 unspecified atom stereocenters. The molecule has 0 spiro atoms. The molecule has 0 aliphatic carbocycles. The number of carbonyl (C=O) groups excluding carboxylic acids is 3. The third-order valence-corrected chi connectivity index (χ3v) is 1.72. The van der Waals surface area contributed by atoms with Gasteiger partial charge >= 0.3 is 17.4 Å². The Balaban J connectivity index is -0.000000130. The second-order valence-electron chi connectivity index (χ2n) is 3.56. The molecule has 0 heterocycles. The second kappa shape index (κ2) is 15.5. The predicted octanol–water partition coefficient (Wildman–Crippen LogP) is -7.57. The van der Waals surface area contributed by atoms with E-state index in [1.54, 1.807) is 0 Å². The molecule has 0 aliphatic heterocycles. The molecular weight excluding hydrogens is 363 g/mol. The first-order valence-electron chi connectivity index (χ1n) is 5.45. The van der Waals surface area contributed by atoms with Crippen LogP contribution >= 0.6 is 0 Å². The molecule has 0 rings (SSSR count). The summed E-state index contributed by atoms with van der Waals surface area (Å²) in [7, 11) is 0. The van der Waals surface area contributed by atoms with Gasteiger partial charge in [-0.1, -0.05) is 19.7 Å². The zero-order chi connectivity index (χ0) is 20.2. The Kier molecular flexibility index (Phi) is 19.0. The van der Waals surface area contributed by atoms with E-state index in [-0.39, 0.29) is 17.4 Å². The Morgan fingerprint density at radius 2 is 0.680 bits per heavy atom. The molecule has 0 fully saturated rings. The van der Waals surface area contributed by atoms with E-state index in [9.17, 15) is 29.7 Å². The zero-order valence-electron chi connectivity index (χ0n) is 12.6. The van der Waals surface area contributed by atoms with Gasteiger partial charge in [0.15, 0.2) is 18.9 Å². The van der Waals surface area contributed by atoms with Gasteiger partial charge in [-0.2, -0.15) is 0 Å². The number of carboxylic acid groups (broad SMARTS) is 3. The second-order valence-corrected chi connectivity index (χ2v) is 3.56. The first kappa shape index (κ1) is 30.8. The summed E-state index contributed by atoms with van der Waals surface area (Å²) in [6.45, 7) is 8.38. The number of carbonyl (C=O) groups is 3. The van der Waals surface area contributed by atoms with Gasteiger partial charge in [0.25, 0.3) is 0 Å². The molecule has 0 aromatic carbocycles. The fraction of sp³-hybridized carbons (Fsp3) is 0.250. The number of aliphatic hydroxyl groups is 6. The summed E-state index contributed by atoms with van der Waals surface area (Å²) in [5.74, 6) is -4.96. The van der Waals surface area contributed by atoms with Crippen LogP contribution in [0.5, 0.6) is 0 Å². The molecule has 0 bridgehead atoms. The van der Waals surface area contributed by atoms with E-state index in [1.807, 2.05) is 0 Å². The fourth-order valence-electron chi connectivity index (χ4n) is 0.316. The molecule has 0 aromatic heterocycles. The average molecular weight is 378 g/mol. The van der Waals surface area contributed by atoms with Gasteiger partial charge in [-0.25, -0.2) is 0 Å². The number of aliphatic carboxylic acids is 3. The Hall–Kier alpha value is -2.08. The molecule has 0 aliphatic rings. The summed E-state index contributed by atoms with van der Waals surface area (Å²) < 4.78 is 0. The van der Waals surface area contributed by atoms with Crippen molar-refractivity contribution in [2.45, 2.75) is 18.9 Å². The van der Waals surface area contributed by atoms with Gasteiger partial charge in [0.2, 0.25) is 0 Å². The van der Waals surface area contributed by atoms with Gasteiger partial charge in [-0.3, -0.25) is 0 Å². The van der Waals surface area contributed by atoms with E-state index in [0.717, 1.165) is 0 Å². The average Bonchev–Trinajstić information content (AvgIpc) is 2.45. The van der Waals surface area contributed by atoms with Crippen LogP contribution in [0.25, 0.3) is 0 Å². The van der Waals surface area contributed by atoms with Crippen LogP contribution in [-0.2, 0) is 14.4 Å². The van der Waals surface area contributed by atoms with Crippen molar-refractivity contribution in [1.29, 1.82) is 0 Å². The number of rotatable bonds is 6. The van der Waals surface area contributed by atoms with Crippen LogP contribution in [0.1, 0.15) is 0 Å². The predicted molar refractivity (Wildman–Crippen MR) is 72.9 cm³/mol. The minimum Gasteiger partial charge on any atom is -0.545 e. The Morgan fingerprint density at radius 1 is 0.560 bits per heavy atom. The third-order valence-electron chi connectivity index (χ3n) is 1.72. The van der Waals surface area contributed by atoms with Crippen molar-refractivity contribution in [2.24, 2.45) is 0 Å². The van der Waals surface area contributed by atoms with Crippen molar-refractivity contribution in [2.75, 3.05) is 0 Å². The topological polar surface area (TPSA) is 242 Å². The molecule has 138 valence electrons. The van der Waals surface area contributed by atoms with Crippen molar-refractivity contribution >= 4 is 35.3 Å². The van der Waals surface area contributed by atoms with Crippen molar-refractivity contribution in [3.05, 3.63) is 36.5 Å². The van der Waals surface area contributed by atoms with Crippen molar-refractivity contribution in [1.82, 2.24) is 0 Å². The standard InChI is InChI=1S/3C4H6O4.Al/c3*1-2(3(5)6)4(7)8;/h3*3,5-6H,1H2,(H,7,8);/q;;;+3/p-3. The largest absolute Gasteiger partial charge is 3.00 e. The Bertz CT molecular complexity index is 423. The van der Waals surface area contributed by atoms with Gasteiger partial charge in [0.1, 0.15) is 0 Å². The summed E-state index contributed by atoms with van der Waals surface area (Å²) in [6.07, 6.45) is -6.04. The summed E-state index contributed by atoms with van der Waals surface area (Å²) in [5, 5.41) is 77.0. The first-order chi connectivity index (χ1) is 10.7. The molecule has 0 saturated carbocycles. The van der Waals surface area contributed by atoms with Crippen molar-refractivity contribution in [3.8, 4) is 0 Å². The molecule has 13 heteroatoms. The van der Waals surface area contributed by atoms with E-state index in [0.29, 0.717) is 0 Å². The van der Waals surface area contributed by atoms with E-state index >= 15 is 0 Å². The van der Waals surface area contributed by atoms with Gasteiger partial charge in [-0.15, -0.1) is 0 Å². The number of hydrogen-bond donors (Lipinski definition) is 6. The molecule has 0 radical (unpaired) electrons. The van der Waals surface area contributed by atoms with E-state index in [2.05, 4.69) is 19.7 Å². The molecule has 0 atom stereocenters. The van der Waals surface area contributed by atoms with Crippen molar-refractivity contribution < 1.29 is 60.3 Å². The third kappa shape index (κ3) is 18.1. The Labute approximate surface area is 151 Å². The van der Waals surface area contributed by atoms with Gasteiger partial charge in [0.05, 0.1) is 17.9 Å². The maximum Gasteiger partial charge on any atom is 3.00 e. The van der Waals surface area contributed by atoms with Gasteiger partial charge < -0.3 is 60.3 Å². The Morgan fingerprint density at radius 3 is 0.680 bits per heavy atom. The number of aliphatic hydroxyl groups excluding tert-OH is 3. The monoisotopic (exact) mass is 378 g/mol. The van der Waals surface area contributed by atoms with Crippen LogP contribution < -0.4 is 15.3 Å². The molecule has 12 nitrogen and oxygen atoms in total. The van der Waals surface area contributed by atoms with Crippen LogP contribution in [0.2, 0.25) is 0 Å². The number of carboxylic acids is 3. The summed E-state index contributed by atoms with van der Waals surface area (Å²) in [6, 6.07) is 0. The van der Waals surface area contributed by atoms with Crippen LogP contribution in [0, 0.1) is 0 Å². The molecule has 6 N–H and O–H groups in total. The molecule has 0 aromatic rings. The quantitative estimate of drug-likeness (QED) is 0.143. The first-order valence-corrected chi connectivity index (χ1v) is 5.45. The van der Waals surface area contributed by atoms with Gasteiger partial charge in [-0.05, 0) is 0 Å². The SMILES string of the molecule is C=C(C(=O)[O-])C(O)O.C=C(C(=O)[O-])C(O)O.C=C(C(=O)[O-])C(O)O.[Al+3]. The molecular formula is C12H15AlO12. The van der Waals surface area contributed by atoms with Crippen LogP contribution in [-0.4, -0.2) is 84.8 Å². The summed E-state index contributed by atoms with van der Waals surface area (Å²) >= 11 is 0. The maximum atomic E-state index is 9.61. The maximum absolute atomic E-state index is 9.61. The normalized spacial score (nSPS) is 9.00. The minimum absolute atomic E-state index is 0. The van der Waals surface area contributed by atoms with Gasteiger partial charge in [0, 0.05) is 16.7 Å². The fourth-order valence-corrected chi connectivity index (χ4v) is 0.316. The van der Waals surface area contributed by atoms with E-state index < -0.39 is 53.5 Å². The van der Waals surface area contributed by atoms with Crippen molar-refractivity contribution in [3.63, 3.8) is 0 Å². The van der Waals surface area contributed by atoms with Crippen LogP contribution in [0.3, 0.4) is 0 Å². The van der Waals surface area contributed by atoms with Crippen LogP contribution in [0.4, 0.5) is 0 Å². The summed E-state index contributed by atoms with van der Waals surface area (Å²) in [5.41, 5.74) is -2.19. The molecule has 25 heavy (non-hydrogen) atoms. The molecule has 0 saturated heterocycles. The summed E-state index contributed by atoms with van der Waals surface area (Å²) in [4.78, 5) is 28.8. The number of hydrogen-bond acceptors (Lipinski definition) is 12. The van der Waals surface area contributed by atoms with E-state index in [1.165, 1.54) is 0 Å². The van der Waals surface area contributed by atoms with E-state index in [4.69, 9.17) is 30.6 Å². The molecule has 0 amide bonds. The van der Waals surface area contributed by atoms with Crippen LogP contribution in [0.15, 0.2) is 36.5 Å². The zero-order valence-corrected chi connectivity index (χ0v) is 13.7.